The van der Waals surface area contributed by atoms with Crippen LogP contribution in [0.3, 0.4) is 0 Å². The van der Waals surface area contributed by atoms with Gasteiger partial charge in [0, 0.05) is 6.42 Å². The Hall–Kier alpha value is -2.37. The Kier molecular flexibility index (Phi) is 4.80. The molecule has 118 valence electrons. The van der Waals surface area contributed by atoms with E-state index in [9.17, 15) is 9.59 Å². The number of carbonyl (C=O) groups excluding carboxylic acids is 2. The minimum atomic E-state index is -1.07. The van der Waals surface area contributed by atoms with E-state index in [4.69, 9.17) is 9.57 Å². The van der Waals surface area contributed by atoms with E-state index in [0.29, 0.717) is 12.8 Å². The number of carbonyl (C=O) groups is 2. The molecule has 0 spiro atoms. The van der Waals surface area contributed by atoms with E-state index in [1.54, 1.807) is 13.8 Å². The minimum absolute atomic E-state index is 0.270. The molecule has 0 fully saturated rings. The zero-order valence-electron chi connectivity index (χ0n) is 13.0. The monoisotopic (exact) mass is 304 g/mol. The lowest BCUT2D eigenvalue weighted by Crippen LogP contribution is -2.54. The number of oxime groups is 1. The predicted octanol–water partition coefficient (Wildman–Crippen LogP) is 1.96. The van der Waals surface area contributed by atoms with Gasteiger partial charge in [0.1, 0.15) is 11.3 Å². The van der Waals surface area contributed by atoms with Crippen LogP contribution in [0.5, 0.6) is 0 Å². The largest absolute Gasteiger partial charge is 0.467 e. The van der Waals surface area contributed by atoms with Crippen LogP contribution < -0.4 is 5.32 Å². The first-order chi connectivity index (χ1) is 10.5. The van der Waals surface area contributed by atoms with Crippen molar-refractivity contribution in [2.24, 2.45) is 5.16 Å². The maximum absolute atomic E-state index is 12.3. The fourth-order valence-corrected chi connectivity index (χ4v) is 2.19. The second kappa shape index (κ2) is 6.60. The van der Waals surface area contributed by atoms with Crippen LogP contribution in [0.1, 0.15) is 38.4 Å². The van der Waals surface area contributed by atoms with Crippen LogP contribution in [0.25, 0.3) is 0 Å². The first-order valence-corrected chi connectivity index (χ1v) is 7.18. The molecule has 2 atom stereocenters. The molecule has 0 aliphatic carbocycles. The summed E-state index contributed by atoms with van der Waals surface area (Å²) in [6.45, 7) is 3.43. The molecule has 1 amide bonds. The molecule has 22 heavy (non-hydrogen) atoms. The van der Waals surface area contributed by atoms with Crippen LogP contribution in [0.4, 0.5) is 0 Å². The summed E-state index contributed by atoms with van der Waals surface area (Å²) in [5.41, 5.74) is 0.164. The van der Waals surface area contributed by atoms with Crippen molar-refractivity contribution >= 4 is 17.6 Å². The van der Waals surface area contributed by atoms with Crippen molar-refractivity contribution in [3.8, 4) is 0 Å². The molecule has 1 N–H and O–H groups in total. The number of hydrogen-bond acceptors (Lipinski definition) is 5. The van der Waals surface area contributed by atoms with E-state index in [2.05, 4.69) is 10.5 Å². The van der Waals surface area contributed by atoms with Crippen LogP contribution in [0.15, 0.2) is 35.5 Å². The second-order valence-corrected chi connectivity index (χ2v) is 5.38. The highest BCUT2D eigenvalue weighted by Gasteiger charge is 2.37. The van der Waals surface area contributed by atoms with Gasteiger partial charge in [-0.2, -0.15) is 0 Å². The van der Waals surface area contributed by atoms with Gasteiger partial charge < -0.3 is 14.9 Å². The molecule has 1 aliphatic heterocycles. The van der Waals surface area contributed by atoms with E-state index in [0.717, 1.165) is 5.56 Å². The Bertz CT molecular complexity index is 585. The Labute approximate surface area is 129 Å². The van der Waals surface area contributed by atoms with Gasteiger partial charge in [-0.05, 0) is 18.9 Å². The molecule has 1 aliphatic rings. The van der Waals surface area contributed by atoms with Gasteiger partial charge in [0.05, 0.1) is 7.11 Å². The molecule has 1 aromatic carbocycles. The Morgan fingerprint density at radius 1 is 1.41 bits per heavy atom. The van der Waals surface area contributed by atoms with Gasteiger partial charge in [-0.1, -0.05) is 42.4 Å². The number of benzene rings is 1. The third kappa shape index (κ3) is 3.27. The van der Waals surface area contributed by atoms with E-state index in [-0.39, 0.29) is 11.8 Å². The normalized spacial score (nSPS) is 19.6. The number of rotatable bonds is 5. The molecule has 1 heterocycles. The van der Waals surface area contributed by atoms with Crippen molar-refractivity contribution in [2.75, 3.05) is 7.11 Å². The maximum atomic E-state index is 12.3. The number of amides is 1. The standard InChI is InChI=1S/C16H20N2O4/c1-4-16(2,15(20)21-3)17-14(19)12-10-13(22-18-12)11-8-6-5-7-9-11/h5-9,13H,4,10H2,1-3H3,(H,17,19)/t13-,16+/m1/s1. The van der Waals surface area contributed by atoms with E-state index in [1.807, 2.05) is 30.3 Å². The van der Waals surface area contributed by atoms with E-state index in [1.165, 1.54) is 7.11 Å². The zero-order valence-corrected chi connectivity index (χ0v) is 13.0. The van der Waals surface area contributed by atoms with Crippen LogP contribution in [0.2, 0.25) is 0 Å². The average Bonchev–Trinajstić information content (AvgIpc) is 3.04. The SMILES string of the molecule is CC[C@](C)(NC(=O)C1=NO[C@@H](c2ccccc2)C1)C(=O)OC. The molecular weight excluding hydrogens is 284 g/mol. The number of hydrogen-bond donors (Lipinski definition) is 1. The maximum Gasteiger partial charge on any atom is 0.331 e. The molecule has 0 bridgehead atoms. The van der Waals surface area contributed by atoms with Gasteiger partial charge in [0.15, 0.2) is 6.10 Å². The summed E-state index contributed by atoms with van der Waals surface area (Å²) in [5.74, 6) is -0.893. The van der Waals surface area contributed by atoms with E-state index >= 15 is 0 Å². The highest BCUT2D eigenvalue weighted by Crippen LogP contribution is 2.27. The molecule has 0 saturated carbocycles. The minimum Gasteiger partial charge on any atom is -0.467 e. The summed E-state index contributed by atoms with van der Waals surface area (Å²) in [6.07, 6.45) is 0.520. The van der Waals surface area contributed by atoms with Crippen LogP contribution in [-0.2, 0) is 19.2 Å². The molecular formula is C16H20N2O4. The molecule has 2 rings (SSSR count). The van der Waals surface area contributed by atoms with Crippen LogP contribution >= 0.6 is 0 Å². The molecule has 0 radical (unpaired) electrons. The van der Waals surface area contributed by atoms with E-state index < -0.39 is 17.4 Å². The molecule has 0 unspecified atom stereocenters. The lowest BCUT2D eigenvalue weighted by molar-refractivity contribution is -0.149. The van der Waals surface area contributed by atoms with Crippen molar-refractivity contribution in [1.82, 2.24) is 5.32 Å². The molecule has 0 saturated heterocycles. The second-order valence-electron chi connectivity index (χ2n) is 5.38. The third-order valence-corrected chi connectivity index (χ3v) is 3.83. The van der Waals surface area contributed by atoms with Crippen LogP contribution in [-0.4, -0.2) is 30.2 Å². The van der Waals surface area contributed by atoms with Crippen LogP contribution in [0, 0.1) is 0 Å². The summed E-state index contributed by atoms with van der Waals surface area (Å²) >= 11 is 0. The van der Waals surface area contributed by atoms with Crippen molar-refractivity contribution in [2.45, 2.75) is 38.3 Å². The van der Waals surface area contributed by atoms with Crippen molar-refractivity contribution in [3.63, 3.8) is 0 Å². The summed E-state index contributed by atoms with van der Waals surface area (Å²) in [4.78, 5) is 29.4. The lowest BCUT2D eigenvalue weighted by Gasteiger charge is -2.26. The highest BCUT2D eigenvalue weighted by molar-refractivity contribution is 6.39. The summed E-state index contributed by atoms with van der Waals surface area (Å²) < 4.78 is 4.74. The topological polar surface area (TPSA) is 77.0 Å². The Morgan fingerprint density at radius 3 is 2.68 bits per heavy atom. The Balaban J connectivity index is 2.01. The van der Waals surface area contributed by atoms with Gasteiger partial charge in [-0.15, -0.1) is 0 Å². The number of ether oxygens (including phenoxy) is 1. The lowest BCUT2D eigenvalue weighted by atomic mass is 9.98. The molecule has 0 aromatic heterocycles. The third-order valence-electron chi connectivity index (χ3n) is 3.83. The number of nitrogens with one attached hydrogen (secondary N) is 1. The first kappa shape index (κ1) is 16.0. The number of esters is 1. The Morgan fingerprint density at radius 2 is 2.09 bits per heavy atom. The number of nitrogens with zero attached hydrogens (tertiary/aromatic N) is 1. The average molecular weight is 304 g/mol. The fraction of sp³-hybridized carbons (Fsp3) is 0.438. The summed E-state index contributed by atoms with van der Waals surface area (Å²) in [7, 11) is 1.30. The highest BCUT2D eigenvalue weighted by atomic mass is 16.6. The van der Waals surface area contributed by atoms with Gasteiger partial charge in [0.25, 0.3) is 5.91 Å². The smallest absolute Gasteiger partial charge is 0.331 e. The summed E-state index contributed by atoms with van der Waals surface area (Å²) in [5, 5.41) is 6.53. The number of methoxy groups -OCH3 is 1. The quantitative estimate of drug-likeness (QED) is 0.844. The summed E-state index contributed by atoms with van der Waals surface area (Å²) in [6, 6.07) is 9.57. The fourth-order valence-electron chi connectivity index (χ4n) is 2.19. The predicted molar refractivity (Wildman–Crippen MR) is 81.2 cm³/mol. The van der Waals surface area contributed by atoms with Gasteiger partial charge in [-0.3, -0.25) is 4.79 Å². The van der Waals surface area contributed by atoms with Gasteiger partial charge in [-0.25, -0.2) is 4.79 Å². The van der Waals surface area contributed by atoms with Gasteiger partial charge >= 0.3 is 5.97 Å². The van der Waals surface area contributed by atoms with Crippen molar-refractivity contribution in [1.29, 1.82) is 0 Å². The molecule has 1 aromatic rings. The first-order valence-electron chi connectivity index (χ1n) is 7.18. The molecule has 6 nitrogen and oxygen atoms in total. The van der Waals surface area contributed by atoms with Crippen molar-refractivity contribution in [3.05, 3.63) is 35.9 Å². The van der Waals surface area contributed by atoms with Crippen molar-refractivity contribution < 1.29 is 19.2 Å². The van der Waals surface area contributed by atoms with Gasteiger partial charge in [0.2, 0.25) is 0 Å². The zero-order chi connectivity index (χ0) is 16.2. The molecule has 6 heteroatoms.